The fourth-order valence-electron chi connectivity index (χ4n) is 0.290. The van der Waals surface area contributed by atoms with Crippen LogP contribution >= 0.6 is 0 Å². The molecule has 0 aliphatic heterocycles. The summed E-state index contributed by atoms with van der Waals surface area (Å²) < 4.78 is 13.1. The van der Waals surface area contributed by atoms with Crippen LogP contribution in [0.4, 0.5) is 0 Å². The van der Waals surface area contributed by atoms with Crippen molar-refractivity contribution < 1.29 is 23.8 Å². The van der Waals surface area contributed by atoms with Gasteiger partial charge in [-0.05, 0) is 0 Å². The summed E-state index contributed by atoms with van der Waals surface area (Å²) in [5.74, 6) is 0. The minimum absolute atomic E-state index is 0.105. The molecule has 0 rings (SSSR count). The molecule has 5 heteroatoms. The third kappa shape index (κ3) is 6.90. The van der Waals surface area contributed by atoms with Crippen molar-refractivity contribution >= 4 is 12.9 Å². The molecule has 0 fully saturated rings. The Bertz CT molecular complexity index is 80.0. The Morgan fingerprint density at radius 2 is 1.70 bits per heavy atom. The Morgan fingerprint density at radius 3 is 2.30 bits per heavy atom. The predicted octanol–water partition coefficient (Wildman–Crippen LogP) is -0.694. The molecule has 0 aromatic heterocycles. The van der Waals surface area contributed by atoms with E-state index in [0.29, 0.717) is 6.47 Å². The molecule has 0 aliphatic rings. The van der Waals surface area contributed by atoms with E-state index in [-0.39, 0.29) is 26.5 Å². The third-order valence-corrected chi connectivity index (χ3v) is 0.633. The second-order valence-corrected chi connectivity index (χ2v) is 1.26. The first-order valence-corrected chi connectivity index (χ1v) is 2.60. The summed E-state index contributed by atoms with van der Waals surface area (Å²) in [6.07, 6.45) is 0. The molecule has 0 aromatic carbocycles. The van der Waals surface area contributed by atoms with Crippen LogP contribution in [0.2, 0.25) is 0 Å². The average Bonchev–Trinajstić information content (AvgIpc) is 1.97. The maximum absolute atomic E-state index is 9.53. The monoisotopic (exact) mass is 148 g/mol. The van der Waals surface area contributed by atoms with Crippen molar-refractivity contribution in [1.82, 2.24) is 0 Å². The van der Waals surface area contributed by atoms with E-state index in [4.69, 9.17) is 0 Å². The highest BCUT2D eigenvalue weighted by molar-refractivity contribution is 5.37. The lowest BCUT2D eigenvalue weighted by Gasteiger charge is -1.99. The minimum atomic E-state index is -0.105. The number of rotatable bonds is 7. The van der Waals surface area contributed by atoms with Crippen molar-refractivity contribution in [2.24, 2.45) is 0 Å². The average molecular weight is 148 g/mol. The zero-order valence-electron chi connectivity index (χ0n) is 5.32. The van der Waals surface area contributed by atoms with Crippen LogP contribution in [-0.4, -0.2) is 33.0 Å². The molecule has 0 spiro atoms. The summed E-state index contributed by atoms with van der Waals surface area (Å²) in [6.45, 7) is 0.897. The van der Waals surface area contributed by atoms with E-state index >= 15 is 0 Å². The second kappa shape index (κ2) is 7.90. The van der Waals surface area contributed by atoms with Gasteiger partial charge in [-0.3, -0.25) is 9.59 Å². The number of hydrogen-bond donors (Lipinski definition) is 0. The van der Waals surface area contributed by atoms with Crippen molar-refractivity contribution in [3.05, 3.63) is 0 Å². The molecule has 10 heavy (non-hydrogen) atoms. The summed E-state index contributed by atoms with van der Waals surface area (Å²) in [5.41, 5.74) is 0. The Balaban J connectivity index is 2.76. The first kappa shape index (κ1) is 8.90. The van der Waals surface area contributed by atoms with E-state index in [2.05, 4.69) is 14.2 Å². The van der Waals surface area contributed by atoms with Crippen LogP contribution in [-0.2, 0) is 23.8 Å². The fraction of sp³-hybridized carbons (Fsp3) is 0.600. The summed E-state index contributed by atoms with van der Waals surface area (Å²) in [7, 11) is 0. The summed E-state index contributed by atoms with van der Waals surface area (Å²) in [4.78, 5) is 19.0. The molecule has 0 radical (unpaired) electrons. The van der Waals surface area contributed by atoms with Gasteiger partial charge in [0.15, 0.2) is 6.79 Å². The summed E-state index contributed by atoms with van der Waals surface area (Å²) in [6, 6.07) is 0. The zero-order chi connectivity index (χ0) is 7.66. The van der Waals surface area contributed by atoms with Gasteiger partial charge < -0.3 is 14.2 Å². The lowest BCUT2D eigenvalue weighted by atomic mass is 10.8. The molecule has 0 aromatic rings. The maximum Gasteiger partial charge on any atom is 0.295 e. The number of ether oxygens (including phenoxy) is 3. The van der Waals surface area contributed by atoms with Gasteiger partial charge in [-0.2, -0.15) is 0 Å². The van der Waals surface area contributed by atoms with Gasteiger partial charge in [0.1, 0.15) is 6.61 Å². The second-order valence-electron chi connectivity index (χ2n) is 1.26. The van der Waals surface area contributed by atoms with Gasteiger partial charge >= 0.3 is 0 Å². The smallest absolute Gasteiger partial charge is 0.295 e. The van der Waals surface area contributed by atoms with Crippen LogP contribution in [0, 0.1) is 0 Å². The van der Waals surface area contributed by atoms with Crippen molar-refractivity contribution in [3.8, 4) is 0 Å². The standard InChI is InChI=1S/C5H8O5/c6-3-8-1-2-9-5-10-4-7/h3-4H,1-2,5H2. The van der Waals surface area contributed by atoms with Crippen LogP contribution in [0.1, 0.15) is 0 Å². The van der Waals surface area contributed by atoms with Crippen molar-refractivity contribution in [2.45, 2.75) is 0 Å². The topological polar surface area (TPSA) is 61.8 Å². The molecule has 0 bridgehead atoms. The highest BCUT2D eigenvalue weighted by Gasteiger charge is 1.85. The van der Waals surface area contributed by atoms with E-state index in [0.717, 1.165) is 0 Å². The Hall–Kier alpha value is -1.10. The van der Waals surface area contributed by atoms with Crippen molar-refractivity contribution in [2.75, 3.05) is 20.0 Å². The minimum Gasteiger partial charge on any atom is -0.465 e. The van der Waals surface area contributed by atoms with Crippen molar-refractivity contribution in [3.63, 3.8) is 0 Å². The molecule has 0 N–H and O–H groups in total. The number of carbonyl (C=O) groups is 2. The lowest BCUT2D eigenvalue weighted by molar-refractivity contribution is -0.144. The van der Waals surface area contributed by atoms with Crippen LogP contribution < -0.4 is 0 Å². The Morgan fingerprint density at radius 1 is 1.00 bits per heavy atom. The molecule has 0 aliphatic carbocycles. The molecule has 0 heterocycles. The first-order chi connectivity index (χ1) is 4.91. The van der Waals surface area contributed by atoms with E-state index in [1.54, 1.807) is 0 Å². The van der Waals surface area contributed by atoms with Gasteiger partial charge in [0.2, 0.25) is 0 Å². The van der Waals surface area contributed by atoms with Gasteiger partial charge in [0.05, 0.1) is 6.61 Å². The highest BCUT2D eigenvalue weighted by Crippen LogP contribution is 1.75. The first-order valence-electron chi connectivity index (χ1n) is 2.60. The number of hydrogen-bond acceptors (Lipinski definition) is 5. The molecule has 0 atom stereocenters. The van der Waals surface area contributed by atoms with Crippen LogP contribution in [0.15, 0.2) is 0 Å². The van der Waals surface area contributed by atoms with Gasteiger partial charge in [0, 0.05) is 0 Å². The zero-order valence-corrected chi connectivity index (χ0v) is 5.32. The van der Waals surface area contributed by atoms with Crippen LogP contribution in [0.3, 0.4) is 0 Å². The van der Waals surface area contributed by atoms with Gasteiger partial charge in [0.25, 0.3) is 12.9 Å². The van der Waals surface area contributed by atoms with E-state index in [1.807, 2.05) is 0 Å². The molecule has 0 saturated heterocycles. The van der Waals surface area contributed by atoms with Crippen LogP contribution in [0.25, 0.3) is 0 Å². The van der Waals surface area contributed by atoms with E-state index in [1.165, 1.54) is 0 Å². The lowest BCUT2D eigenvalue weighted by Crippen LogP contribution is -2.05. The quantitative estimate of drug-likeness (QED) is 0.271. The Kier molecular flexibility index (Phi) is 7.03. The Labute approximate surface area is 57.9 Å². The largest absolute Gasteiger partial charge is 0.465 e. The van der Waals surface area contributed by atoms with Crippen LogP contribution in [0.5, 0.6) is 0 Å². The molecule has 0 saturated carbocycles. The molecular formula is C5H8O5. The molecule has 0 amide bonds. The fourth-order valence-corrected chi connectivity index (χ4v) is 0.290. The van der Waals surface area contributed by atoms with E-state index in [9.17, 15) is 9.59 Å². The normalized spacial score (nSPS) is 8.40. The summed E-state index contributed by atoms with van der Waals surface area (Å²) in [5, 5.41) is 0. The van der Waals surface area contributed by atoms with Gasteiger partial charge in [-0.15, -0.1) is 0 Å². The molecular weight excluding hydrogens is 140 g/mol. The molecule has 58 valence electrons. The molecule has 5 nitrogen and oxygen atoms in total. The maximum atomic E-state index is 9.53. The predicted molar refractivity (Wildman–Crippen MR) is 30.0 cm³/mol. The van der Waals surface area contributed by atoms with Crippen molar-refractivity contribution in [1.29, 1.82) is 0 Å². The third-order valence-electron chi connectivity index (χ3n) is 0.633. The SMILES string of the molecule is O=COCCOCOC=O. The van der Waals surface area contributed by atoms with Gasteiger partial charge in [-0.1, -0.05) is 0 Å². The van der Waals surface area contributed by atoms with Gasteiger partial charge in [-0.25, -0.2) is 0 Å². The molecule has 0 unspecified atom stereocenters. The number of carbonyl (C=O) groups excluding carboxylic acids is 2. The summed E-state index contributed by atoms with van der Waals surface area (Å²) >= 11 is 0. The highest BCUT2D eigenvalue weighted by atomic mass is 16.7. The van der Waals surface area contributed by atoms with E-state index < -0.39 is 0 Å².